The normalized spacial score (nSPS) is 10.6. The maximum Gasteiger partial charge on any atom is 0.275 e. The van der Waals surface area contributed by atoms with Crippen LogP contribution < -0.4 is 10.6 Å². The van der Waals surface area contributed by atoms with Gasteiger partial charge < -0.3 is 15.2 Å². The number of aromatic nitrogens is 3. The molecule has 0 unspecified atom stereocenters. The summed E-state index contributed by atoms with van der Waals surface area (Å²) in [5.74, 6) is 1.65. The first-order valence-corrected chi connectivity index (χ1v) is 7.85. The molecule has 0 saturated carbocycles. The molecule has 1 amide bonds. The Morgan fingerprint density at radius 1 is 1.00 bits per heavy atom. The van der Waals surface area contributed by atoms with E-state index in [0.717, 1.165) is 11.3 Å². The number of benzene rings is 1. The van der Waals surface area contributed by atoms with E-state index < -0.39 is 0 Å². The molecule has 7 heteroatoms. The second kappa shape index (κ2) is 6.72. The molecule has 0 bridgehead atoms. The minimum absolute atomic E-state index is 0.250. The summed E-state index contributed by atoms with van der Waals surface area (Å²) in [4.78, 5) is 20.9. The Labute approximate surface area is 145 Å². The van der Waals surface area contributed by atoms with Crippen LogP contribution in [0.2, 0.25) is 0 Å². The highest BCUT2D eigenvalue weighted by molar-refractivity contribution is 6.02. The van der Waals surface area contributed by atoms with Gasteiger partial charge in [0.05, 0.1) is 0 Å². The predicted molar refractivity (Wildman–Crippen MR) is 95.2 cm³/mol. The smallest absolute Gasteiger partial charge is 0.275 e. The minimum Gasteiger partial charge on any atom is -0.360 e. The standard InChI is InChI=1S/C18H19N5O2/c1-10-5-6-14(11(2)7-10)21-16-9-15(19-13(4)20-16)18(24)22-17-8-12(3)25-23-17/h5-9H,1-4H3,(H,19,20,21)(H,22,23,24). The first kappa shape index (κ1) is 16.6. The first-order valence-electron chi connectivity index (χ1n) is 7.85. The molecule has 0 saturated heterocycles. The van der Waals surface area contributed by atoms with Crippen LogP contribution in [-0.2, 0) is 0 Å². The molecule has 0 spiro atoms. The van der Waals surface area contributed by atoms with E-state index in [9.17, 15) is 4.79 Å². The largest absolute Gasteiger partial charge is 0.360 e. The van der Waals surface area contributed by atoms with Crippen molar-refractivity contribution in [3.63, 3.8) is 0 Å². The monoisotopic (exact) mass is 337 g/mol. The number of carbonyl (C=O) groups is 1. The molecular formula is C18H19N5O2. The van der Waals surface area contributed by atoms with Gasteiger partial charge in [-0.25, -0.2) is 9.97 Å². The molecule has 0 fully saturated rings. The number of anilines is 3. The Morgan fingerprint density at radius 3 is 2.48 bits per heavy atom. The lowest BCUT2D eigenvalue weighted by molar-refractivity contribution is 0.102. The highest BCUT2D eigenvalue weighted by atomic mass is 16.5. The second-order valence-corrected chi connectivity index (χ2v) is 5.91. The summed E-state index contributed by atoms with van der Waals surface area (Å²) in [6, 6.07) is 9.33. The average Bonchev–Trinajstić information content (AvgIpc) is 2.94. The molecule has 1 aromatic carbocycles. The van der Waals surface area contributed by atoms with Gasteiger partial charge in [0.15, 0.2) is 5.82 Å². The minimum atomic E-state index is -0.373. The van der Waals surface area contributed by atoms with E-state index in [4.69, 9.17) is 4.52 Å². The van der Waals surface area contributed by atoms with Crippen LogP contribution >= 0.6 is 0 Å². The Bertz CT molecular complexity index is 933. The van der Waals surface area contributed by atoms with Crippen molar-refractivity contribution in [3.05, 3.63) is 58.7 Å². The van der Waals surface area contributed by atoms with Crippen molar-refractivity contribution < 1.29 is 9.32 Å². The van der Waals surface area contributed by atoms with Gasteiger partial charge in [0.1, 0.15) is 23.1 Å². The molecule has 0 radical (unpaired) electrons. The van der Waals surface area contributed by atoms with Crippen molar-refractivity contribution in [2.24, 2.45) is 0 Å². The zero-order valence-electron chi connectivity index (χ0n) is 14.5. The zero-order chi connectivity index (χ0) is 18.0. The average molecular weight is 337 g/mol. The molecule has 0 aliphatic rings. The molecule has 128 valence electrons. The Balaban J connectivity index is 1.83. The molecule has 2 heterocycles. The van der Waals surface area contributed by atoms with Gasteiger partial charge in [-0.1, -0.05) is 22.9 Å². The summed E-state index contributed by atoms with van der Waals surface area (Å²) in [6.07, 6.45) is 0. The number of hydrogen-bond acceptors (Lipinski definition) is 6. The fourth-order valence-electron chi connectivity index (χ4n) is 2.45. The maximum atomic E-state index is 12.4. The third kappa shape index (κ3) is 4.00. The van der Waals surface area contributed by atoms with E-state index in [-0.39, 0.29) is 11.6 Å². The number of carbonyl (C=O) groups excluding carboxylic acids is 1. The summed E-state index contributed by atoms with van der Waals surface area (Å²) in [6.45, 7) is 7.55. The van der Waals surface area contributed by atoms with Crippen molar-refractivity contribution >= 4 is 23.2 Å². The van der Waals surface area contributed by atoms with Gasteiger partial charge in [-0.2, -0.15) is 0 Å². The van der Waals surface area contributed by atoms with E-state index in [2.05, 4.69) is 31.8 Å². The highest BCUT2D eigenvalue weighted by Crippen LogP contribution is 2.21. The lowest BCUT2D eigenvalue weighted by Gasteiger charge is -2.11. The van der Waals surface area contributed by atoms with E-state index in [0.29, 0.717) is 23.2 Å². The first-order chi connectivity index (χ1) is 11.9. The van der Waals surface area contributed by atoms with Gasteiger partial charge in [-0.15, -0.1) is 0 Å². The molecular weight excluding hydrogens is 318 g/mol. The summed E-state index contributed by atoms with van der Waals surface area (Å²) < 4.78 is 4.94. The SMILES string of the molecule is Cc1ccc(Nc2cc(C(=O)Nc3cc(C)on3)nc(C)n2)c(C)c1. The van der Waals surface area contributed by atoms with Gasteiger partial charge in [0, 0.05) is 17.8 Å². The van der Waals surface area contributed by atoms with Crippen molar-refractivity contribution in [2.75, 3.05) is 10.6 Å². The fourth-order valence-corrected chi connectivity index (χ4v) is 2.45. The van der Waals surface area contributed by atoms with E-state index in [1.807, 2.05) is 26.0 Å². The fraction of sp³-hybridized carbons (Fsp3) is 0.222. The van der Waals surface area contributed by atoms with E-state index in [1.165, 1.54) is 5.56 Å². The third-order valence-corrected chi connectivity index (χ3v) is 3.58. The number of amides is 1. The van der Waals surface area contributed by atoms with Crippen LogP contribution in [-0.4, -0.2) is 21.0 Å². The third-order valence-electron chi connectivity index (χ3n) is 3.58. The molecule has 0 atom stereocenters. The topological polar surface area (TPSA) is 92.9 Å². The molecule has 2 aromatic heterocycles. The lowest BCUT2D eigenvalue weighted by atomic mass is 10.1. The Morgan fingerprint density at radius 2 is 1.80 bits per heavy atom. The van der Waals surface area contributed by atoms with Crippen LogP contribution in [0.25, 0.3) is 0 Å². The van der Waals surface area contributed by atoms with E-state index >= 15 is 0 Å². The van der Waals surface area contributed by atoms with Crippen LogP contribution in [0.4, 0.5) is 17.3 Å². The van der Waals surface area contributed by atoms with Crippen molar-refractivity contribution in [1.82, 2.24) is 15.1 Å². The molecule has 25 heavy (non-hydrogen) atoms. The van der Waals surface area contributed by atoms with Crippen molar-refractivity contribution in [3.8, 4) is 0 Å². The van der Waals surface area contributed by atoms with Gasteiger partial charge in [-0.3, -0.25) is 4.79 Å². The maximum absolute atomic E-state index is 12.4. The van der Waals surface area contributed by atoms with Crippen LogP contribution in [0.15, 0.2) is 34.9 Å². The number of rotatable bonds is 4. The summed E-state index contributed by atoms with van der Waals surface area (Å²) in [5.41, 5.74) is 3.47. The van der Waals surface area contributed by atoms with E-state index in [1.54, 1.807) is 26.0 Å². The summed E-state index contributed by atoms with van der Waals surface area (Å²) in [5, 5.41) is 9.64. The van der Waals surface area contributed by atoms with Crippen LogP contribution in [0.3, 0.4) is 0 Å². The molecule has 2 N–H and O–H groups in total. The van der Waals surface area contributed by atoms with Gasteiger partial charge in [0.25, 0.3) is 5.91 Å². The molecule has 0 aliphatic heterocycles. The van der Waals surface area contributed by atoms with Gasteiger partial charge in [-0.05, 0) is 39.3 Å². The van der Waals surface area contributed by atoms with Crippen LogP contribution in [0.1, 0.15) is 33.2 Å². The van der Waals surface area contributed by atoms with Crippen LogP contribution in [0, 0.1) is 27.7 Å². The summed E-state index contributed by atoms with van der Waals surface area (Å²) >= 11 is 0. The zero-order valence-corrected chi connectivity index (χ0v) is 14.5. The number of hydrogen-bond donors (Lipinski definition) is 2. The molecule has 7 nitrogen and oxygen atoms in total. The predicted octanol–water partition coefficient (Wildman–Crippen LogP) is 3.69. The number of aryl methyl sites for hydroxylation is 4. The summed E-state index contributed by atoms with van der Waals surface area (Å²) in [7, 11) is 0. The molecule has 0 aliphatic carbocycles. The van der Waals surface area contributed by atoms with Gasteiger partial charge in [0.2, 0.25) is 0 Å². The van der Waals surface area contributed by atoms with Crippen molar-refractivity contribution in [1.29, 1.82) is 0 Å². The molecule has 3 aromatic rings. The van der Waals surface area contributed by atoms with Crippen molar-refractivity contribution in [2.45, 2.75) is 27.7 Å². The van der Waals surface area contributed by atoms with Gasteiger partial charge >= 0.3 is 0 Å². The second-order valence-electron chi connectivity index (χ2n) is 5.91. The quantitative estimate of drug-likeness (QED) is 0.754. The highest BCUT2D eigenvalue weighted by Gasteiger charge is 2.13. The lowest BCUT2D eigenvalue weighted by Crippen LogP contribution is -2.15. The Kier molecular flexibility index (Phi) is 4.47. The van der Waals surface area contributed by atoms with Crippen LogP contribution in [0.5, 0.6) is 0 Å². The number of nitrogens with one attached hydrogen (secondary N) is 2. The molecule has 3 rings (SSSR count). The number of nitrogens with zero attached hydrogens (tertiary/aromatic N) is 3. The Hall–Kier alpha value is -3.22.